The Balaban J connectivity index is 2.28. The van der Waals surface area contributed by atoms with Gasteiger partial charge in [-0.1, -0.05) is 6.07 Å². The maximum absolute atomic E-state index is 13.4. The molecule has 0 unspecified atom stereocenters. The van der Waals surface area contributed by atoms with Crippen molar-refractivity contribution in [1.29, 1.82) is 0 Å². The van der Waals surface area contributed by atoms with E-state index in [-0.39, 0.29) is 17.6 Å². The number of carbonyl (C=O) groups excluding carboxylic acids is 1. The molecule has 4 heteroatoms. The molecule has 1 aromatic rings. The summed E-state index contributed by atoms with van der Waals surface area (Å²) >= 11 is 0. The summed E-state index contributed by atoms with van der Waals surface area (Å²) in [5, 5.41) is 2.67. The molecule has 0 spiro atoms. The molecular formula is C10H11FN2O. The van der Waals surface area contributed by atoms with Crippen molar-refractivity contribution in [2.75, 3.05) is 12.3 Å². The maximum Gasteiger partial charge on any atom is 0.220 e. The van der Waals surface area contributed by atoms with Gasteiger partial charge in [-0.2, -0.15) is 0 Å². The monoisotopic (exact) mass is 194 g/mol. The van der Waals surface area contributed by atoms with Gasteiger partial charge < -0.3 is 11.1 Å². The Kier molecular flexibility index (Phi) is 2.11. The number of hydrogen-bond donors (Lipinski definition) is 2. The number of rotatable bonds is 1. The third-order valence-electron chi connectivity index (χ3n) is 2.44. The first-order valence-electron chi connectivity index (χ1n) is 4.48. The van der Waals surface area contributed by atoms with Crippen LogP contribution in [0.15, 0.2) is 18.2 Å². The van der Waals surface area contributed by atoms with E-state index in [1.807, 2.05) is 0 Å². The lowest BCUT2D eigenvalue weighted by molar-refractivity contribution is -0.119. The molecule has 1 heterocycles. The smallest absolute Gasteiger partial charge is 0.220 e. The van der Waals surface area contributed by atoms with Crippen molar-refractivity contribution in [1.82, 2.24) is 5.32 Å². The molecule has 0 aliphatic carbocycles. The summed E-state index contributed by atoms with van der Waals surface area (Å²) in [6.07, 6.45) is 0.362. The summed E-state index contributed by atoms with van der Waals surface area (Å²) in [6.45, 7) is 0.514. The molecule has 3 nitrogen and oxygen atoms in total. The van der Waals surface area contributed by atoms with E-state index in [0.717, 1.165) is 0 Å². The number of amides is 1. The SMILES string of the molecule is Nc1ccc([C@H]2CNC(=O)C2)c(F)c1. The highest BCUT2D eigenvalue weighted by molar-refractivity contribution is 5.79. The molecule has 1 saturated heterocycles. The van der Waals surface area contributed by atoms with Crippen LogP contribution in [0.2, 0.25) is 0 Å². The van der Waals surface area contributed by atoms with Gasteiger partial charge in [-0.05, 0) is 17.7 Å². The van der Waals surface area contributed by atoms with E-state index in [4.69, 9.17) is 5.73 Å². The fourth-order valence-electron chi connectivity index (χ4n) is 1.70. The van der Waals surface area contributed by atoms with Crippen molar-refractivity contribution < 1.29 is 9.18 Å². The number of benzene rings is 1. The largest absolute Gasteiger partial charge is 0.399 e. The van der Waals surface area contributed by atoms with Crippen LogP contribution in [-0.2, 0) is 4.79 Å². The Morgan fingerprint density at radius 1 is 1.50 bits per heavy atom. The average molecular weight is 194 g/mol. The van der Waals surface area contributed by atoms with Crippen LogP contribution in [0, 0.1) is 5.82 Å². The van der Waals surface area contributed by atoms with E-state index in [2.05, 4.69) is 5.32 Å². The summed E-state index contributed by atoms with van der Waals surface area (Å²) in [6, 6.07) is 4.59. The minimum atomic E-state index is -0.327. The van der Waals surface area contributed by atoms with Gasteiger partial charge in [0.25, 0.3) is 0 Å². The number of halogens is 1. The highest BCUT2D eigenvalue weighted by Gasteiger charge is 2.25. The molecule has 1 amide bonds. The summed E-state index contributed by atoms with van der Waals surface area (Å²) in [4.78, 5) is 10.9. The number of nitrogens with two attached hydrogens (primary N) is 1. The fourth-order valence-corrected chi connectivity index (χ4v) is 1.70. The van der Waals surface area contributed by atoms with E-state index in [9.17, 15) is 9.18 Å². The quantitative estimate of drug-likeness (QED) is 0.655. The molecule has 1 atom stereocenters. The second kappa shape index (κ2) is 3.29. The van der Waals surface area contributed by atoms with Crippen molar-refractivity contribution >= 4 is 11.6 Å². The highest BCUT2D eigenvalue weighted by atomic mass is 19.1. The zero-order valence-electron chi connectivity index (χ0n) is 7.59. The van der Waals surface area contributed by atoms with E-state index in [1.54, 1.807) is 12.1 Å². The van der Waals surface area contributed by atoms with Crippen molar-refractivity contribution in [2.45, 2.75) is 12.3 Å². The second-order valence-electron chi connectivity index (χ2n) is 3.49. The zero-order chi connectivity index (χ0) is 10.1. The number of anilines is 1. The number of nitrogens with one attached hydrogen (secondary N) is 1. The maximum atomic E-state index is 13.4. The molecule has 0 radical (unpaired) electrons. The van der Waals surface area contributed by atoms with Gasteiger partial charge in [0, 0.05) is 24.6 Å². The first kappa shape index (κ1) is 8.99. The molecule has 14 heavy (non-hydrogen) atoms. The van der Waals surface area contributed by atoms with Crippen LogP contribution in [0.5, 0.6) is 0 Å². The molecule has 3 N–H and O–H groups in total. The summed E-state index contributed by atoms with van der Waals surface area (Å²) in [5.41, 5.74) is 6.40. The van der Waals surface area contributed by atoms with Gasteiger partial charge in [-0.3, -0.25) is 4.79 Å². The molecule has 1 aliphatic rings. The summed E-state index contributed by atoms with van der Waals surface area (Å²) < 4.78 is 13.4. The highest BCUT2D eigenvalue weighted by Crippen LogP contribution is 2.26. The molecule has 0 saturated carbocycles. The van der Waals surface area contributed by atoms with Gasteiger partial charge in [0.05, 0.1) is 0 Å². The van der Waals surface area contributed by atoms with Gasteiger partial charge in [-0.15, -0.1) is 0 Å². The van der Waals surface area contributed by atoms with Crippen LogP contribution in [-0.4, -0.2) is 12.5 Å². The minimum Gasteiger partial charge on any atom is -0.399 e. The van der Waals surface area contributed by atoms with Crippen LogP contribution >= 0.6 is 0 Å². The lowest BCUT2D eigenvalue weighted by atomic mass is 9.97. The van der Waals surface area contributed by atoms with E-state index in [0.29, 0.717) is 24.2 Å². The summed E-state index contributed by atoms with van der Waals surface area (Å²) in [5.74, 6) is -0.402. The Hall–Kier alpha value is -1.58. The van der Waals surface area contributed by atoms with Crippen molar-refractivity contribution in [3.8, 4) is 0 Å². The molecular weight excluding hydrogens is 183 g/mol. The lowest BCUT2D eigenvalue weighted by Crippen LogP contribution is -2.13. The van der Waals surface area contributed by atoms with Crippen LogP contribution < -0.4 is 11.1 Å². The van der Waals surface area contributed by atoms with Crippen LogP contribution in [0.3, 0.4) is 0 Å². The Labute approximate surface area is 81.1 Å². The molecule has 2 rings (SSSR count). The molecule has 0 bridgehead atoms. The van der Waals surface area contributed by atoms with Gasteiger partial charge in [0.15, 0.2) is 0 Å². The lowest BCUT2D eigenvalue weighted by Gasteiger charge is -2.08. The van der Waals surface area contributed by atoms with Crippen LogP contribution in [0.4, 0.5) is 10.1 Å². The van der Waals surface area contributed by atoms with Gasteiger partial charge in [0.2, 0.25) is 5.91 Å². The van der Waals surface area contributed by atoms with Crippen LogP contribution in [0.25, 0.3) is 0 Å². The number of carbonyl (C=O) groups is 1. The van der Waals surface area contributed by atoms with E-state index in [1.165, 1.54) is 6.07 Å². The Bertz CT molecular complexity index is 378. The van der Waals surface area contributed by atoms with Crippen molar-refractivity contribution in [3.63, 3.8) is 0 Å². The van der Waals surface area contributed by atoms with Crippen molar-refractivity contribution in [2.24, 2.45) is 0 Å². The summed E-state index contributed by atoms with van der Waals surface area (Å²) in [7, 11) is 0. The molecule has 74 valence electrons. The van der Waals surface area contributed by atoms with E-state index < -0.39 is 0 Å². The van der Waals surface area contributed by atoms with Crippen LogP contribution in [0.1, 0.15) is 17.9 Å². The zero-order valence-corrected chi connectivity index (χ0v) is 7.59. The normalized spacial score (nSPS) is 20.9. The minimum absolute atomic E-state index is 0.0220. The molecule has 1 aromatic carbocycles. The van der Waals surface area contributed by atoms with E-state index >= 15 is 0 Å². The fraction of sp³-hybridized carbons (Fsp3) is 0.300. The third-order valence-corrected chi connectivity index (χ3v) is 2.44. The third kappa shape index (κ3) is 1.55. The Morgan fingerprint density at radius 3 is 2.86 bits per heavy atom. The topological polar surface area (TPSA) is 55.1 Å². The first-order valence-corrected chi connectivity index (χ1v) is 4.48. The second-order valence-corrected chi connectivity index (χ2v) is 3.49. The predicted octanol–water partition coefficient (Wildman–Crippen LogP) is 1.01. The molecule has 1 aliphatic heterocycles. The predicted molar refractivity (Wildman–Crippen MR) is 51.2 cm³/mol. The van der Waals surface area contributed by atoms with Gasteiger partial charge in [0.1, 0.15) is 5.82 Å². The van der Waals surface area contributed by atoms with Crippen molar-refractivity contribution in [3.05, 3.63) is 29.6 Å². The van der Waals surface area contributed by atoms with Gasteiger partial charge in [-0.25, -0.2) is 4.39 Å². The average Bonchev–Trinajstić information content (AvgIpc) is 2.51. The number of nitrogen functional groups attached to an aromatic ring is 1. The number of hydrogen-bond acceptors (Lipinski definition) is 2. The first-order chi connectivity index (χ1) is 6.66. The Morgan fingerprint density at radius 2 is 2.29 bits per heavy atom. The van der Waals surface area contributed by atoms with Gasteiger partial charge >= 0.3 is 0 Å². The standard InChI is InChI=1S/C10H11FN2O/c11-9-4-7(12)1-2-8(9)6-3-10(14)13-5-6/h1-2,4,6H,3,5,12H2,(H,13,14)/t6-/m1/s1. The molecule has 0 aromatic heterocycles. The molecule has 1 fully saturated rings.